The highest BCUT2D eigenvalue weighted by molar-refractivity contribution is 6.09. The van der Waals surface area contributed by atoms with Gasteiger partial charge in [0.15, 0.2) is 0 Å². The molecule has 0 spiro atoms. The van der Waals surface area contributed by atoms with E-state index < -0.39 is 0 Å². The van der Waals surface area contributed by atoms with Gasteiger partial charge < -0.3 is 10.6 Å². The topological polar surface area (TPSA) is 71.1 Å². The number of nitrogens with zero attached hydrogens (tertiary/aromatic N) is 1. The van der Waals surface area contributed by atoms with Gasteiger partial charge in [-0.3, -0.25) is 14.6 Å². The van der Waals surface area contributed by atoms with Crippen LogP contribution in [0.25, 0.3) is 0 Å². The van der Waals surface area contributed by atoms with Crippen LogP contribution in [0.4, 0.5) is 5.69 Å². The third-order valence-corrected chi connectivity index (χ3v) is 4.68. The van der Waals surface area contributed by atoms with Gasteiger partial charge in [0.2, 0.25) is 0 Å². The Bertz CT molecular complexity index is 1010. The van der Waals surface area contributed by atoms with Crippen LogP contribution >= 0.6 is 0 Å². The van der Waals surface area contributed by atoms with E-state index >= 15 is 0 Å². The van der Waals surface area contributed by atoms with Gasteiger partial charge in [-0.2, -0.15) is 0 Å². The summed E-state index contributed by atoms with van der Waals surface area (Å²) in [4.78, 5) is 29.5. The van der Waals surface area contributed by atoms with E-state index in [0.717, 1.165) is 22.3 Å². The maximum absolute atomic E-state index is 12.8. The Hall–Kier alpha value is -3.47. The van der Waals surface area contributed by atoms with Crippen LogP contribution in [0.2, 0.25) is 0 Å². The average molecular weight is 373 g/mol. The Labute approximate surface area is 164 Å². The summed E-state index contributed by atoms with van der Waals surface area (Å²) in [6.07, 6.45) is 3.39. The second-order valence-corrected chi connectivity index (χ2v) is 6.80. The number of anilines is 1. The van der Waals surface area contributed by atoms with Crippen molar-refractivity contribution < 1.29 is 9.59 Å². The Morgan fingerprint density at radius 3 is 2.36 bits per heavy atom. The number of hydrogen-bond donors (Lipinski definition) is 2. The molecular weight excluding hydrogens is 350 g/mol. The molecule has 1 heterocycles. The highest BCUT2D eigenvalue weighted by atomic mass is 16.2. The molecule has 142 valence electrons. The lowest BCUT2D eigenvalue weighted by molar-refractivity contribution is 0.0951. The summed E-state index contributed by atoms with van der Waals surface area (Å²) in [5.41, 5.74) is 5.51. The summed E-state index contributed by atoms with van der Waals surface area (Å²) < 4.78 is 0. The van der Waals surface area contributed by atoms with Gasteiger partial charge in [-0.25, -0.2) is 0 Å². The molecular formula is C23H23N3O2. The predicted octanol–water partition coefficient (Wildman–Crippen LogP) is 4.19. The number of carbonyl (C=O) groups excluding carboxylic acids is 2. The van der Waals surface area contributed by atoms with Crippen molar-refractivity contribution in [3.8, 4) is 0 Å². The van der Waals surface area contributed by atoms with E-state index in [0.29, 0.717) is 23.4 Å². The number of amides is 2. The molecule has 3 rings (SSSR count). The van der Waals surface area contributed by atoms with Gasteiger partial charge in [-0.05, 0) is 67.3 Å². The molecule has 5 nitrogen and oxygen atoms in total. The van der Waals surface area contributed by atoms with Crippen LogP contribution in [-0.2, 0) is 6.54 Å². The number of hydrogen-bond acceptors (Lipinski definition) is 3. The molecule has 0 aliphatic carbocycles. The molecule has 0 fully saturated rings. The van der Waals surface area contributed by atoms with Crippen LogP contribution in [0, 0.1) is 20.8 Å². The SMILES string of the molecule is Cc1cc(C)c(C(=O)Nc2ccccc2C(=O)NCc2cccnc2)cc1C. The minimum absolute atomic E-state index is 0.229. The van der Waals surface area contributed by atoms with Crippen molar-refractivity contribution in [1.29, 1.82) is 0 Å². The number of para-hydroxylation sites is 1. The van der Waals surface area contributed by atoms with E-state index in [2.05, 4.69) is 15.6 Å². The molecule has 0 atom stereocenters. The quantitative estimate of drug-likeness (QED) is 0.704. The van der Waals surface area contributed by atoms with Crippen LogP contribution in [0.3, 0.4) is 0 Å². The minimum atomic E-state index is -0.253. The van der Waals surface area contributed by atoms with Crippen molar-refractivity contribution in [2.75, 3.05) is 5.32 Å². The van der Waals surface area contributed by atoms with E-state index in [-0.39, 0.29) is 11.8 Å². The lowest BCUT2D eigenvalue weighted by atomic mass is 10.00. The van der Waals surface area contributed by atoms with E-state index in [4.69, 9.17) is 0 Å². The number of benzene rings is 2. The zero-order chi connectivity index (χ0) is 20.1. The molecule has 0 unspecified atom stereocenters. The van der Waals surface area contributed by atoms with Gasteiger partial charge >= 0.3 is 0 Å². The predicted molar refractivity (Wildman–Crippen MR) is 110 cm³/mol. The minimum Gasteiger partial charge on any atom is -0.348 e. The van der Waals surface area contributed by atoms with Crippen LogP contribution in [0.5, 0.6) is 0 Å². The standard InChI is InChI=1S/C23H23N3O2/c1-15-11-17(3)20(12-16(15)2)23(28)26-21-9-5-4-8-19(21)22(27)25-14-18-7-6-10-24-13-18/h4-13H,14H2,1-3H3,(H,25,27)(H,26,28). The summed E-state index contributed by atoms with van der Waals surface area (Å²) in [6.45, 7) is 6.27. The molecule has 0 aliphatic rings. The molecule has 0 saturated heterocycles. The van der Waals surface area contributed by atoms with E-state index in [1.54, 1.807) is 36.7 Å². The van der Waals surface area contributed by atoms with Gasteiger partial charge in [0.05, 0.1) is 11.3 Å². The lowest BCUT2D eigenvalue weighted by Gasteiger charge is -2.13. The molecule has 2 amide bonds. The van der Waals surface area contributed by atoms with E-state index in [9.17, 15) is 9.59 Å². The van der Waals surface area contributed by atoms with Crippen molar-refractivity contribution >= 4 is 17.5 Å². The summed E-state index contributed by atoms with van der Waals surface area (Å²) in [7, 11) is 0. The van der Waals surface area contributed by atoms with Crippen LogP contribution in [0.15, 0.2) is 60.9 Å². The third kappa shape index (κ3) is 4.43. The van der Waals surface area contributed by atoms with Gasteiger partial charge in [-0.15, -0.1) is 0 Å². The zero-order valence-electron chi connectivity index (χ0n) is 16.2. The zero-order valence-corrected chi connectivity index (χ0v) is 16.2. The van der Waals surface area contributed by atoms with Crippen molar-refractivity contribution in [2.24, 2.45) is 0 Å². The molecule has 28 heavy (non-hydrogen) atoms. The molecule has 2 aromatic carbocycles. The smallest absolute Gasteiger partial charge is 0.255 e. The maximum Gasteiger partial charge on any atom is 0.255 e. The summed E-state index contributed by atoms with van der Waals surface area (Å²) >= 11 is 0. The Balaban J connectivity index is 1.77. The molecule has 3 aromatic rings. The second kappa shape index (κ2) is 8.48. The van der Waals surface area contributed by atoms with Crippen LogP contribution in [0.1, 0.15) is 43.0 Å². The fourth-order valence-corrected chi connectivity index (χ4v) is 2.97. The van der Waals surface area contributed by atoms with Gasteiger partial charge in [0.25, 0.3) is 11.8 Å². The summed E-state index contributed by atoms with van der Waals surface area (Å²) in [5, 5.41) is 5.75. The largest absolute Gasteiger partial charge is 0.348 e. The molecule has 0 radical (unpaired) electrons. The molecule has 1 aromatic heterocycles. The second-order valence-electron chi connectivity index (χ2n) is 6.80. The normalized spacial score (nSPS) is 10.4. The lowest BCUT2D eigenvalue weighted by Crippen LogP contribution is -2.25. The van der Waals surface area contributed by atoms with Crippen LogP contribution < -0.4 is 10.6 Å². The first-order valence-electron chi connectivity index (χ1n) is 9.11. The first-order valence-corrected chi connectivity index (χ1v) is 9.11. The van der Waals surface area contributed by atoms with E-state index in [1.165, 1.54) is 0 Å². The van der Waals surface area contributed by atoms with Gasteiger partial charge in [0.1, 0.15) is 0 Å². The summed E-state index contributed by atoms with van der Waals surface area (Å²) in [6, 6.07) is 14.6. The third-order valence-electron chi connectivity index (χ3n) is 4.68. The maximum atomic E-state index is 12.8. The van der Waals surface area contributed by atoms with Crippen molar-refractivity contribution in [2.45, 2.75) is 27.3 Å². The number of pyridine rings is 1. The Morgan fingerprint density at radius 2 is 1.61 bits per heavy atom. The fraction of sp³-hybridized carbons (Fsp3) is 0.174. The van der Waals surface area contributed by atoms with Crippen molar-refractivity contribution in [3.05, 3.63) is 94.3 Å². The first-order chi connectivity index (χ1) is 13.5. The molecule has 5 heteroatoms. The number of carbonyl (C=O) groups is 2. The van der Waals surface area contributed by atoms with Crippen molar-refractivity contribution in [3.63, 3.8) is 0 Å². The highest BCUT2D eigenvalue weighted by Gasteiger charge is 2.16. The highest BCUT2D eigenvalue weighted by Crippen LogP contribution is 2.20. The monoisotopic (exact) mass is 373 g/mol. The summed E-state index contributed by atoms with van der Waals surface area (Å²) in [5.74, 6) is -0.482. The number of aryl methyl sites for hydroxylation is 3. The first kappa shape index (κ1) is 19.3. The average Bonchev–Trinajstić information content (AvgIpc) is 2.70. The molecule has 0 aliphatic heterocycles. The molecule has 0 saturated carbocycles. The fourth-order valence-electron chi connectivity index (χ4n) is 2.97. The van der Waals surface area contributed by atoms with E-state index in [1.807, 2.05) is 45.0 Å². The Morgan fingerprint density at radius 1 is 0.857 bits per heavy atom. The number of rotatable bonds is 5. The van der Waals surface area contributed by atoms with Crippen molar-refractivity contribution in [1.82, 2.24) is 10.3 Å². The molecule has 0 bridgehead atoms. The van der Waals surface area contributed by atoms with Gasteiger partial charge in [-0.1, -0.05) is 24.3 Å². The Kier molecular flexibility index (Phi) is 5.84. The number of nitrogens with one attached hydrogen (secondary N) is 2. The van der Waals surface area contributed by atoms with Crippen LogP contribution in [-0.4, -0.2) is 16.8 Å². The van der Waals surface area contributed by atoms with Gasteiger partial charge in [0, 0.05) is 24.5 Å². The number of aromatic nitrogens is 1. The molecule has 2 N–H and O–H groups in total.